The van der Waals surface area contributed by atoms with Crippen molar-refractivity contribution < 1.29 is 4.42 Å². The first-order valence-corrected chi connectivity index (χ1v) is 7.31. The third-order valence-corrected chi connectivity index (χ3v) is 3.86. The van der Waals surface area contributed by atoms with E-state index in [-0.39, 0.29) is 0 Å². The molecular formula is C15H26N2O. The smallest absolute Gasteiger partial charge is 0.122 e. The molecule has 0 aromatic carbocycles. The summed E-state index contributed by atoms with van der Waals surface area (Å²) in [6.07, 6.45) is 7.05. The quantitative estimate of drug-likeness (QED) is 0.786. The molecule has 0 bridgehead atoms. The van der Waals surface area contributed by atoms with Gasteiger partial charge in [0.2, 0.25) is 0 Å². The molecule has 3 heteroatoms. The van der Waals surface area contributed by atoms with Gasteiger partial charge in [0, 0.05) is 18.2 Å². The SMILES string of the molecule is CCCNCc1occc1CN1CCCCC1C. The number of hydrogen-bond donors (Lipinski definition) is 1. The Kier molecular flexibility index (Phi) is 5.26. The van der Waals surface area contributed by atoms with Gasteiger partial charge in [-0.25, -0.2) is 0 Å². The Balaban J connectivity index is 1.90. The van der Waals surface area contributed by atoms with Crippen LogP contribution in [0.15, 0.2) is 16.7 Å². The maximum Gasteiger partial charge on any atom is 0.122 e. The lowest BCUT2D eigenvalue weighted by Crippen LogP contribution is -2.36. The van der Waals surface area contributed by atoms with E-state index >= 15 is 0 Å². The van der Waals surface area contributed by atoms with Crippen LogP contribution in [0.1, 0.15) is 50.9 Å². The number of furan rings is 1. The van der Waals surface area contributed by atoms with Crippen LogP contribution in [-0.4, -0.2) is 24.0 Å². The van der Waals surface area contributed by atoms with Gasteiger partial charge in [0.15, 0.2) is 0 Å². The largest absolute Gasteiger partial charge is 0.468 e. The second-order valence-electron chi connectivity index (χ2n) is 5.36. The maximum atomic E-state index is 5.60. The van der Waals surface area contributed by atoms with Crippen LogP contribution in [-0.2, 0) is 13.1 Å². The third kappa shape index (κ3) is 3.59. The van der Waals surface area contributed by atoms with E-state index in [1.807, 2.05) is 6.26 Å². The van der Waals surface area contributed by atoms with Crippen molar-refractivity contribution in [2.45, 2.75) is 58.7 Å². The highest BCUT2D eigenvalue weighted by Gasteiger charge is 2.19. The highest BCUT2D eigenvalue weighted by Crippen LogP contribution is 2.21. The van der Waals surface area contributed by atoms with Gasteiger partial charge in [-0.2, -0.15) is 0 Å². The maximum absolute atomic E-state index is 5.60. The predicted octanol–water partition coefficient (Wildman–Crippen LogP) is 3.15. The number of piperidine rings is 1. The van der Waals surface area contributed by atoms with Gasteiger partial charge in [-0.1, -0.05) is 13.3 Å². The lowest BCUT2D eigenvalue weighted by Gasteiger charge is -2.33. The van der Waals surface area contributed by atoms with Gasteiger partial charge in [-0.15, -0.1) is 0 Å². The second-order valence-corrected chi connectivity index (χ2v) is 5.36. The molecule has 18 heavy (non-hydrogen) atoms. The zero-order valence-corrected chi connectivity index (χ0v) is 11.7. The Morgan fingerprint density at radius 3 is 3.11 bits per heavy atom. The normalized spacial score (nSPS) is 21.3. The fraction of sp³-hybridized carbons (Fsp3) is 0.733. The van der Waals surface area contributed by atoms with Crippen LogP contribution in [0.2, 0.25) is 0 Å². The molecule has 2 heterocycles. The van der Waals surface area contributed by atoms with E-state index in [9.17, 15) is 0 Å². The molecule has 0 amide bonds. The van der Waals surface area contributed by atoms with Crippen LogP contribution in [0.3, 0.4) is 0 Å². The van der Waals surface area contributed by atoms with E-state index in [0.717, 1.165) is 25.4 Å². The first kappa shape index (κ1) is 13.6. The van der Waals surface area contributed by atoms with Crippen LogP contribution in [0, 0.1) is 0 Å². The minimum atomic E-state index is 0.713. The molecule has 2 rings (SSSR count). The first-order valence-electron chi connectivity index (χ1n) is 7.31. The van der Waals surface area contributed by atoms with Gasteiger partial charge in [0.1, 0.15) is 5.76 Å². The van der Waals surface area contributed by atoms with E-state index in [1.54, 1.807) is 0 Å². The van der Waals surface area contributed by atoms with Crippen molar-refractivity contribution in [1.29, 1.82) is 0 Å². The molecular weight excluding hydrogens is 224 g/mol. The second kappa shape index (κ2) is 6.95. The van der Waals surface area contributed by atoms with Crippen molar-refractivity contribution in [2.24, 2.45) is 0 Å². The summed E-state index contributed by atoms with van der Waals surface area (Å²) in [5.41, 5.74) is 1.35. The number of likely N-dealkylation sites (tertiary alicyclic amines) is 1. The summed E-state index contributed by atoms with van der Waals surface area (Å²) in [7, 11) is 0. The molecule has 102 valence electrons. The van der Waals surface area contributed by atoms with Crippen LogP contribution in [0.5, 0.6) is 0 Å². The lowest BCUT2D eigenvalue weighted by atomic mass is 10.0. The molecule has 1 aliphatic rings. The zero-order valence-electron chi connectivity index (χ0n) is 11.7. The van der Waals surface area contributed by atoms with Gasteiger partial charge in [0.05, 0.1) is 12.8 Å². The molecule has 0 radical (unpaired) electrons. The van der Waals surface area contributed by atoms with Crippen LogP contribution < -0.4 is 5.32 Å². The number of rotatable bonds is 6. The molecule has 0 aliphatic carbocycles. The van der Waals surface area contributed by atoms with Crippen molar-refractivity contribution in [3.63, 3.8) is 0 Å². The number of nitrogens with one attached hydrogen (secondary N) is 1. The summed E-state index contributed by atoms with van der Waals surface area (Å²) in [6, 6.07) is 2.84. The van der Waals surface area contributed by atoms with E-state index in [0.29, 0.717) is 6.04 Å². The Labute approximate surface area is 111 Å². The fourth-order valence-electron chi connectivity index (χ4n) is 2.65. The van der Waals surface area contributed by atoms with Crippen molar-refractivity contribution in [3.05, 3.63) is 23.7 Å². The molecule has 1 fully saturated rings. The molecule has 1 N–H and O–H groups in total. The summed E-state index contributed by atoms with van der Waals surface area (Å²) < 4.78 is 5.60. The Morgan fingerprint density at radius 1 is 1.44 bits per heavy atom. The van der Waals surface area contributed by atoms with Gasteiger partial charge < -0.3 is 9.73 Å². The molecule has 1 unspecified atom stereocenters. The van der Waals surface area contributed by atoms with Gasteiger partial charge >= 0.3 is 0 Å². The molecule has 1 aliphatic heterocycles. The predicted molar refractivity (Wildman–Crippen MR) is 74.4 cm³/mol. The Bertz CT molecular complexity index is 348. The Hall–Kier alpha value is -0.800. The highest BCUT2D eigenvalue weighted by molar-refractivity contribution is 5.17. The fourth-order valence-corrected chi connectivity index (χ4v) is 2.65. The van der Waals surface area contributed by atoms with Gasteiger partial charge in [0.25, 0.3) is 0 Å². The molecule has 1 aromatic heterocycles. The van der Waals surface area contributed by atoms with Gasteiger partial charge in [-0.05, 0) is 45.3 Å². The molecule has 3 nitrogen and oxygen atoms in total. The summed E-state index contributed by atoms with van der Waals surface area (Å²) in [4.78, 5) is 2.58. The molecule has 1 atom stereocenters. The van der Waals surface area contributed by atoms with Crippen LogP contribution in [0.4, 0.5) is 0 Å². The lowest BCUT2D eigenvalue weighted by molar-refractivity contribution is 0.151. The van der Waals surface area contributed by atoms with Crippen molar-refractivity contribution in [2.75, 3.05) is 13.1 Å². The monoisotopic (exact) mass is 250 g/mol. The zero-order chi connectivity index (χ0) is 12.8. The number of hydrogen-bond acceptors (Lipinski definition) is 3. The van der Waals surface area contributed by atoms with E-state index in [1.165, 1.54) is 37.8 Å². The molecule has 0 spiro atoms. The molecule has 1 saturated heterocycles. The van der Waals surface area contributed by atoms with Crippen LogP contribution in [0.25, 0.3) is 0 Å². The summed E-state index contributed by atoms with van der Waals surface area (Å²) >= 11 is 0. The Morgan fingerprint density at radius 2 is 2.33 bits per heavy atom. The van der Waals surface area contributed by atoms with Crippen molar-refractivity contribution in [1.82, 2.24) is 10.2 Å². The summed E-state index contributed by atoms with van der Waals surface area (Å²) in [6.45, 7) is 8.72. The minimum Gasteiger partial charge on any atom is -0.468 e. The average Bonchev–Trinajstić information content (AvgIpc) is 2.80. The minimum absolute atomic E-state index is 0.713. The first-order chi connectivity index (χ1) is 8.81. The molecule has 1 aromatic rings. The summed E-state index contributed by atoms with van der Waals surface area (Å²) in [5.74, 6) is 1.11. The average molecular weight is 250 g/mol. The van der Waals surface area contributed by atoms with Gasteiger partial charge in [-0.3, -0.25) is 4.90 Å². The topological polar surface area (TPSA) is 28.4 Å². The number of nitrogens with zero attached hydrogens (tertiary/aromatic N) is 1. The van der Waals surface area contributed by atoms with Crippen molar-refractivity contribution in [3.8, 4) is 0 Å². The standard InChI is InChI=1S/C15H26N2O/c1-3-8-16-11-15-14(7-10-18-15)12-17-9-5-4-6-13(17)2/h7,10,13,16H,3-6,8-9,11-12H2,1-2H3. The van der Waals surface area contributed by atoms with E-state index < -0.39 is 0 Å². The molecule has 0 saturated carbocycles. The summed E-state index contributed by atoms with van der Waals surface area (Å²) in [5, 5.41) is 3.41. The van der Waals surface area contributed by atoms with E-state index in [4.69, 9.17) is 4.42 Å². The van der Waals surface area contributed by atoms with Crippen molar-refractivity contribution >= 4 is 0 Å². The van der Waals surface area contributed by atoms with E-state index in [2.05, 4.69) is 30.1 Å². The highest BCUT2D eigenvalue weighted by atomic mass is 16.3. The van der Waals surface area contributed by atoms with Crippen LogP contribution >= 0.6 is 0 Å². The third-order valence-electron chi connectivity index (χ3n) is 3.86.